The average molecular weight is 391 g/mol. The fraction of sp³-hybridized carbons (Fsp3) is 0.167. The molecule has 0 aliphatic carbocycles. The molecule has 2 heterocycles. The molecule has 0 spiro atoms. The molecule has 0 unspecified atom stereocenters. The number of hydrogen-bond acceptors (Lipinski definition) is 4. The third-order valence-corrected chi connectivity index (χ3v) is 4.70. The van der Waals surface area contributed by atoms with E-state index in [1.807, 2.05) is 0 Å². The molecule has 2 aromatic carbocycles. The van der Waals surface area contributed by atoms with Gasteiger partial charge in [0.1, 0.15) is 5.52 Å². The number of rotatable bonds is 3. The van der Waals surface area contributed by atoms with Crippen LogP contribution in [0.1, 0.15) is 6.42 Å². The van der Waals surface area contributed by atoms with Crippen molar-refractivity contribution in [2.75, 3.05) is 11.4 Å². The van der Waals surface area contributed by atoms with E-state index < -0.39 is 11.9 Å². The first-order valence-corrected chi connectivity index (χ1v) is 8.56. The first kappa shape index (κ1) is 16.9. The number of carboxylic acids is 1. The van der Waals surface area contributed by atoms with Gasteiger partial charge in [-0.05, 0) is 36.4 Å². The molecule has 1 N–H and O–H groups in total. The van der Waals surface area contributed by atoms with Crippen molar-refractivity contribution >= 4 is 51.9 Å². The highest BCUT2D eigenvalue weighted by Crippen LogP contribution is 2.32. The smallest absolute Gasteiger partial charge is 0.308 e. The second kappa shape index (κ2) is 6.30. The van der Waals surface area contributed by atoms with Crippen molar-refractivity contribution in [2.24, 2.45) is 5.92 Å². The van der Waals surface area contributed by atoms with Crippen molar-refractivity contribution in [1.29, 1.82) is 0 Å². The highest BCUT2D eigenvalue weighted by molar-refractivity contribution is 6.35. The van der Waals surface area contributed by atoms with E-state index in [9.17, 15) is 9.59 Å². The first-order chi connectivity index (χ1) is 12.4. The number of carboxylic acid groups (broad SMARTS) is 1. The summed E-state index contributed by atoms with van der Waals surface area (Å²) in [5, 5.41) is 10.1. The topological polar surface area (TPSA) is 83.6 Å². The first-order valence-electron chi connectivity index (χ1n) is 7.81. The van der Waals surface area contributed by atoms with Crippen molar-refractivity contribution in [3.8, 4) is 11.5 Å². The lowest BCUT2D eigenvalue weighted by molar-refractivity contribution is -0.141. The van der Waals surface area contributed by atoms with Gasteiger partial charge in [-0.25, -0.2) is 4.98 Å². The van der Waals surface area contributed by atoms with Gasteiger partial charge in [0, 0.05) is 34.3 Å². The summed E-state index contributed by atoms with van der Waals surface area (Å²) in [5.74, 6) is -1.53. The summed E-state index contributed by atoms with van der Waals surface area (Å²) in [6, 6.07) is 10.1. The molecule has 1 fully saturated rings. The molecule has 4 rings (SSSR count). The van der Waals surface area contributed by atoms with Gasteiger partial charge in [0.25, 0.3) is 0 Å². The molecule has 3 aromatic rings. The van der Waals surface area contributed by atoms with Crippen molar-refractivity contribution < 1.29 is 19.1 Å². The maximum Gasteiger partial charge on any atom is 0.308 e. The summed E-state index contributed by atoms with van der Waals surface area (Å²) in [6.07, 6.45) is -0.00154. The quantitative estimate of drug-likeness (QED) is 0.722. The number of fused-ring (bicyclic) bond motifs is 1. The number of carbonyl (C=O) groups is 2. The standard InChI is InChI=1S/C18H12Cl2N2O4/c19-11-3-9(4-12(20)6-11)17-21-14-7-13(1-2-15(14)26-17)22-8-10(18(24)25)5-16(22)23/h1-4,6-7,10H,5,8H2,(H,24,25)/t10-/m0/s1. The maximum absolute atomic E-state index is 12.1. The lowest BCUT2D eigenvalue weighted by Crippen LogP contribution is -2.25. The van der Waals surface area contributed by atoms with Gasteiger partial charge >= 0.3 is 5.97 Å². The van der Waals surface area contributed by atoms with E-state index in [4.69, 9.17) is 32.7 Å². The Morgan fingerprint density at radius 1 is 1.19 bits per heavy atom. The molecule has 8 heteroatoms. The molecule has 0 bridgehead atoms. The molecule has 1 aliphatic rings. The molecule has 1 aliphatic heterocycles. The van der Waals surface area contributed by atoms with E-state index in [1.165, 1.54) is 4.90 Å². The Bertz CT molecular complexity index is 1030. The predicted molar refractivity (Wildman–Crippen MR) is 97.6 cm³/mol. The molecule has 1 aromatic heterocycles. The average Bonchev–Trinajstić information content (AvgIpc) is 3.16. The van der Waals surface area contributed by atoms with Crippen LogP contribution in [0, 0.1) is 5.92 Å². The number of hydrogen-bond donors (Lipinski definition) is 1. The fourth-order valence-electron chi connectivity index (χ4n) is 3.01. The SMILES string of the molecule is O=C(O)[C@H]1CC(=O)N(c2ccc3oc(-c4cc(Cl)cc(Cl)c4)nc3c2)C1. The lowest BCUT2D eigenvalue weighted by Gasteiger charge is -2.15. The molecule has 1 atom stereocenters. The van der Waals surface area contributed by atoms with Crippen molar-refractivity contribution in [1.82, 2.24) is 4.98 Å². The monoisotopic (exact) mass is 390 g/mol. The third-order valence-electron chi connectivity index (χ3n) is 4.27. The minimum Gasteiger partial charge on any atom is -0.481 e. The van der Waals surface area contributed by atoms with E-state index in [0.717, 1.165) is 0 Å². The predicted octanol–water partition coefficient (Wildman–Crippen LogP) is 4.24. The van der Waals surface area contributed by atoms with E-state index >= 15 is 0 Å². The largest absolute Gasteiger partial charge is 0.481 e. The van der Waals surface area contributed by atoms with Gasteiger partial charge in [0.05, 0.1) is 5.92 Å². The number of aliphatic carboxylic acids is 1. The van der Waals surface area contributed by atoms with Crippen LogP contribution in [0.3, 0.4) is 0 Å². The van der Waals surface area contributed by atoms with Crippen LogP contribution >= 0.6 is 23.2 Å². The van der Waals surface area contributed by atoms with Crippen molar-refractivity contribution in [3.63, 3.8) is 0 Å². The second-order valence-corrected chi connectivity index (χ2v) is 6.95. The lowest BCUT2D eigenvalue weighted by atomic mass is 10.1. The zero-order chi connectivity index (χ0) is 18.4. The Morgan fingerprint density at radius 2 is 1.92 bits per heavy atom. The Labute approximate surface area is 157 Å². The van der Waals surface area contributed by atoms with Gasteiger partial charge in [0.2, 0.25) is 11.8 Å². The normalized spacial score (nSPS) is 17.2. The number of oxazole rings is 1. The summed E-state index contributed by atoms with van der Waals surface area (Å²) >= 11 is 12.0. The van der Waals surface area contributed by atoms with Crippen LogP contribution in [0.2, 0.25) is 10.0 Å². The molecular formula is C18H12Cl2N2O4. The second-order valence-electron chi connectivity index (χ2n) is 6.07. The zero-order valence-corrected chi connectivity index (χ0v) is 14.8. The summed E-state index contributed by atoms with van der Waals surface area (Å²) in [7, 11) is 0. The van der Waals surface area contributed by atoms with Gasteiger partial charge in [-0.3, -0.25) is 9.59 Å². The molecule has 1 saturated heterocycles. The fourth-order valence-corrected chi connectivity index (χ4v) is 3.53. The molecular weight excluding hydrogens is 379 g/mol. The molecule has 0 radical (unpaired) electrons. The minimum absolute atomic E-state index is 0.00154. The molecule has 132 valence electrons. The summed E-state index contributed by atoms with van der Waals surface area (Å²) < 4.78 is 5.74. The van der Waals surface area contributed by atoms with Crippen LogP contribution in [0.15, 0.2) is 40.8 Å². The van der Waals surface area contributed by atoms with Crippen LogP contribution in [-0.2, 0) is 9.59 Å². The van der Waals surface area contributed by atoms with Crippen LogP contribution < -0.4 is 4.90 Å². The van der Waals surface area contributed by atoms with E-state index in [0.29, 0.717) is 38.3 Å². The summed E-state index contributed by atoms with van der Waals surface area (Å²) in [6.45, 7) is 0.147. The molecule has 26 heavy (non-hydrogen) atoms. The number of benzene rings is 2. The van der Waals surface area contributed by atoms with Gasteiger partial charge < -0.3 is 14.4 Å². The van der Waals surface area contributed by atoms with Crippen LogP contribution in [0.4, 0.5) is 5.69 Å². The Balaban J connectivity index is 1.70. The summed E-state index contributed by atoms with van der Waals surface area (Å²) in [4.78, 5) is 29.1. The Hall–Kier alpha value is -2.57. The molecule has 1 amide bonds. The number of anilines is 1. The van der Waals surface area contributed by atoms with Gasteiger partial charge in [-0.1, -0.05) is 23.2 Å². The minimum atomic E-state index is -0.969. The maximum atomic E-state index is 12.1. The number of halogens is 2. The van der Waals surface area contributed by atoms with Crippen molar-refractivity contribution in [2.45, 2.75) is 6.42 Å². The highest BCUT2D eigenvalue weighted by Gasteiger charge is 2.35. The van der Waals surface area contributed by atoms with Crippen LogP contribution in [0.25, 0.3) is 22.6 Å². The van der Waals surface area contributed by atoms with Gasteiger partial charge in [-0.15, -0.1) is 0 Å². The number of amides is 1. The highest BCUT2D eigenvalue weighted by atomic mass is 35.5. The van der Waals surface area contributed by atoms with E-state index in [1.54, 1.807) is 36.4 Å². The number of aromatic nitrogens is 1. The van der Waals surface area contributed by atoms with Crippen molar-refractivity contribution in [3.05, 3.63) is 46.4 Å². The van der Waals surface area contributed by atoms with Gasteiger partial charge in [-0.2, -0.15) is 0 Å². The molecule has 0 saturated carbocycles. The van der Waals surface area contributed by atoms with E-state index in [2.05, 4.69) is 4.98 Å². The van der Waals surface area contributed by atoms with Gasteiger partial charge in [0.15, 0.2) is 5.58 Å². The Morgan fingerprint density at radius 3 is 2.58 bits per heavy atom. The number of carbonyl (C=O) groups excluding carboxylic acids is 1. The van der Waals surface area contributed by atoms with Crippen LogP contribution in [-0.4, -0.2) is 28.5 Å². The summed E-state index contributed by atoms with van der Waals surface area (Å²) in [5.41, 5.74) is 2.33. The zero-order valence-electron chi connectivity index (χ0n) is 13.3. The van der Waals surface area contributed by atoms with E-state index in [-0.39, 0.29) is 18.9 Å². The Kier molecular flexibility index (Phi) is 4.09. The van der Waals surface area contributed by atoms with Crippen LogP contribution in [0.5, 0.6) is 0 Å². The molecule has 6 nitrogen and oxygen atoms in total. The third kappa shape index (κ3) is 3.02. The number of nitrogens with zero attached hydrogens (tertiary/aromatic N) is 2.